The van der Waals surface area contributed by atoms with Gasteiger partial charge in [0.1, 0.15) is 18.1 Å². The molecule has 0 aliphatic carbocycles. The highest BCUT2D eigenvalue weighted by atomic mass is 35.5. The molecule has 0 saturated carbocycles. The predicted molar refractivity (Wildman–Crippen MR) is 90.5 cm³/mol. The summed E-state index contributed by atoms with van der Waals surface area (Å²) in [5, 5.41) is 3.49. The normalized spacial score (nSPS) is 13.5. The molecule has 1 N–H and O–H groups in total. The first-order valence-corrected chi connectivity index (χ1v) is 8.16. The van der Waals surface area contributed by atoms with E-state index in [9.17, 15) is 0 Å². The van der Waals surface area contributed by atoms with Crippen LogP contribution in [0, 0.1) is 0 Å². The lowest BCUT2D eigenvalue weighted by Gasteiger charge is -2.13. The summed E-state index contributed by atoms with van der Waals surface area (Å²) in [4.78, 5) is 0. The summed E-state index contributed by atoms with van der Waals surface area (Å²) in [6.07, 6.45) is 1.90. The van der Waals surface area contributed by atoms with Crippen LogP contribution in [-0.2, 0) is 6.42 Å². The molecule has 0 atom stereocenters. The molecule has 0 aromatic heterocycles. The Morgan fingerprint density at radius 3 is 2.82 bits per heavy atom. The van der Waals surface area contributed by atoms with Gasteiger partial charge in [0.25, 0.3) is 0 Å². The lowest BCUT2D eigenvalue weighted by atomic mass is 10.0. The van der Waals surface area contributed by atoms with Crippen molar-refractivity contribution < 1.29 is 9.47 Å². The van der Waals surface area contributed by atoms with E-state index in [1.807, 2.05) is 18.2 Å². The van der Waals surface area contributed by atoms with Crippen LogP contribution in [0.5, 0.6) is 11.5 Å². The minimum absolute atomic E-state index is 0.504. The first-order chi connectivity index (χ1) is 10.9. The van der Waals surface area contributed by atoms with Crippen LogP contribution in [0.15, 0.2) is 42.5 Å². The van der Waals surface area contributed by atoms with Gasteiger partial charge in [0.15, 0.2) is 0 Å². The van der Waals surface area contributed by atoms with Crippen LogP contribution in [0.4, 0.5) is 5.69 Å². The first-order valence-electron chi connectivity index (χ1n) is 7.63. The molecule has 22 heavy (non-hydrogen) atoms. The van der Waals surface area contributed by atoms with E-state index in [1.165, 1.54) is 11.1 Å². The average molecular weight is 318 g/mol. The molecular formula is C18H20ClNO2. The number of hydrogen-bond acceptors (Lipinski definition) is 3. The number of alkyl halides is 1. The SMILES string of the molecule is ClCCOc1ccc(Cc2cccc3c2NCCCO3)cc1. The molecule has 0 saturated heterocycles. The smallest absolute Gasteiger partial charge is 0.142 e. The Hall–Kier alpha value is -1.87. The fourth-order valence-corrected chi connectivity index (χ4v) is 2.67. The molecular weight excluding hydrogens is 298 g/mol. The van der Waals surface area contributed by atoms with Crippen LogP contribution in [0.25, 0.3) is 0 Å². The van der Waals surface area contributed by atoms with E-state index < -0.39 is 0 Å². The van der Waals surface area contributed by atoms with Crippen molar-refractivity contribution in [2.24, 2.45) is 0 Å². The van der Waals surface area contributed by atoms with E-state index in [0.29, 0.717) is 12.5 Å². The maximum atomic E-state index is 5.80. The van der Waals surface area contributed by atoms with Crippen molar-refractivity contribution in [2.75, 3.05) is 31.0 Å². The monoisotopic (exact) mass is 317 g/mol. The molecule has 0 radical (unpaired) electrons. The molecule has 3 rings (SSSR count). The number of nitrogens with one attached hydrogen (secondary N) is 1. The van der Waals surface area contributed by atoms with Gasteiger partial charge >= 0.3 is 0 Å². The third-order valence-corrected chi connectivity index (χ3v) is 3.81. The summed E-state index contributed by atoms with van der Waals surface area (Å²) in [6.45, 7) is 2.26. The Bertz CT molecular complexity index is 613. The van der Waals surface area contributed by atoms with Gasteiger partial charge in [-0.15, -0.1) is 11.6 Å². The lowest BCUT2D eigenvalue weighted by molar-refractivity contribution is 0.323. The number of hydrogen-bond donors (Lipinski definition) is 1. The lowest BCUT2D eigenvalue weighted by Crippen LogP contribution is -2.03. The summed E-state index contributed by atoms with van der Waals surface area (Å²) >= 11 is 5.63. The van der Waals surface area contributed by atoms with Crippen LogP contribution >= 0.6 is 11.6 Å². The van der Waals surface area contributed by atoms with E-state index in [-0.39, 0.29) is 0 Å². The fourth-order valence-electron chi connectivity index (χ4n) is 2.59. The Balaban J connectivity index is 1.75. The number of ether oxygens (including phenoxy) is 2. The van der Waals surface area contributed by atoms with Crippen molar-refractivity contribution >= 4 is 17.3 Å². The summed E-state index contributed by atoms with van der Waals surface area (Å²) in [7, 11) is 0. The van der Waals surface area contributed by atoms with Gasteiger partial charge in [-0.2, -0.15) is 0 Å². The maximum absolute atomic E-state index is 5.80. The highest BCUT2D eigenvalue weighted by molar-refractivity contribution is 6.18. The molecule has 0 amide bonds. The standard InChI is InChI=1S/C18H20ClNO2/c19-9-12-21-16-7-5-14(6-8-16)13-15-3-1-4-17-18(15)20-10-2-11-22-17/h1,3-8,20H,2,9-13H2. The zero-order chi connectivity index (χ0) is 15.2. The Morgan fingerprint density at radius 1 is 1.14 bits per heavy atom. The quantitative estimate of drug-likeness (QED) is 0.843. The van der Waals surface area contributed by atoms with E-state index in [0.717, 1.165) is 43.2 Å². The van der Waals surface area contributed by atoms with E-state index in [4.69, 9.17) is 21.1 Å². The van der Waals surface area contributed by atoms with Crippen LogP contribution in [0.1, 0.15) is 17.5 Å². The Labute approximate surface area is 136 Å². The van der Waals surface area contributed by atoms with E-state index in [2.05, 4.69) is 29.6 Å². The second-order valence-corrected chi connectivity index (χ2v) is 5.66. The molecule has 1 aliphatic heterocycles. The largest absolute Gasteiger partial charge is 0.492 e. The molecule has 0 bridgehead atoms. The molecule has 1 aliphatic rings. The van der Waals surface area contributed by atoms with Crippen LogP contribution in [-0.4, -0.2) is 25.6 Å². The summed E-state index contributed by atoms with van der Waals surface area (Å²) in [6, 6.07) is 14.4. The highest BCUT2D eigenvalue weighted by Crippen LogP contribution is 2.32. The van der Waals surface area contributed by atoms with Crippen LogP contribution in [0.3, 0.4) is 0 Å². The van der Waals surface area contributed by atoms with Gasteiger partial charge in [-0.05, 0) is 42.2 Å². The van der Waals surface area contributed by atoms with Crippen molar-refractivity contribution in [2.45, 2.75) is 12.8 Å². The molecule has 4 heteroatoms. The molecule has 116 valence electrons. The van der Waals surface area contributed by atoms with Gasteiger partial charge in [0, 0.05) is 6.54 Å². The van der Waals surface area contributed by atoms with Gasteiger partial charge in [-0.3, -0.25) is 0 Å². The van der Waals surface area contributed by atoms with Gasteiger partial charge < -0.3 is 14.8 Å². The molecule has 0 unspecified atom stereocenters. The highest BCUT2D eigenvalue weighted by Gasteiger charge is 2.12. The van der Waals surface area contributed by atoms with Gasteiger partial charge in [-0.1, -0.05) is 24.3 Å². The number of fused-ring (bicyclic) bond motifs is 1. The number of anilines is 1. The Kier molecular flexibility index (Phi) is 5.07. The zero-order valence-electron chi connectivity index (χ0n) is 12.5. The topological polar surface area (TPSA) is 30.5 Å². The minimum atomic E-state index is 0.504. The minimum Gasteiger partial charge on any atom is -0.492 e. The third-order valence-electron chi connectivity index (χ3n) is 3.66. The van der Waals surface area contributed by atoms with Crippen molar-refractivity contribution in [1.29, 1.82) is 0 Å². The third kappa shape index (κ3) is 3.66. The molecule has 1 heterocycles. The van der Waals surface area contributed by atoms with Crippen molar-refractivity contribution in [1.82, 2.24) is 0 Å². The Morgan fingerprint density at radius 2 is 2.00 bits per heavy atom. The first kappa shape index (κ1) is 15.0. The molecule has 2 aromatic rings. The van der Waals surface area contributed by atoms with Crippen LogP contribution in [0.2, 0.25) is 0 Å². The predicted octanol–water partition coefficient (Wildman–Crippen LogP) is 4.09. The van der Waals surface area contributed by atoms with Gasteiger partial charge in [-0.25, -0.2) is 0 Å². The van der Waals surface area contributed by atoms with E-state index in [1.54, 1.807) is 0 Å². The summed E-state index contributed by atoms with van der Waals surface area (Å²) < 4.78 is 11.3. The number of rotatable bonds is 5. The molecule has 2 aromatic carbocycles. The molecule has 0 fully saturated rings. The van der Waals surface area contributed by atoms with Gasteiger partial charge in [0.2, 0.25) is 0 Å². The maximum Gasteiger partial charge on any atom is 0.142 e. The van der Waals surface area contributed by atoms with Gasteiger partial charge in [0.05, 0.1) is 18.2 Å². The van der Waals surface area contributed by atoms with E-state index >= 15 is 0 Å². The average Bonchev–Trinajstić information content (AvgIpc) is 2.80. The number of halogens is 1. The fraction of sp³-hybridized carbons (Fsp3) is 0.333. The zero-order valence-corrected chi connectivity index (χ0v) is 13.2. The second-order valence-electron chi connectivity index (χ2n) is 5.28. The summed E-state index contributed by atoms with van der Waals surface area (Å²) in [5.74, 6) is 2.32. The van der Waals surface area contributed by atoms with Crippen molar-refractivity contribution in [3.8, 4) is 11.5 Å². The number of para-hydroxylation sites is 1. The molecule has 3 nitrogen and oxygen atoms in total. The summed E-state index contributed by atoms with van der Waals surface area (Å²) in [5.41, 5.74) is 3.63. The molecule has 0 spiro atoms. The second kappa shape index (κ2) is 7.41. The van der Waals surface area contributed by atoms with Crippen molar-refractivity contribution in [3.05, 3.63) is 53.6 Å². The van der Waals surface area contributed by atoms with Crippen molar-refractivity contribution in [3.63, 3.8) is 0 Å². The van der Waals surface area contributed by atoms with Crippen LogP contribution < -0.4 is 14.8 Å². The number of benzene rings is 2.